The van der Waals surface area contributed by atoms with E-state index >= 15 is 0 Å². The van der Waals surface area contributed by atoms with Gasteiger partial charge in [-0.25, -0.2) is 4.79 Å². The molecule has 0 bridgehead atoms. The van der Waals surface area contributed by atoms with Gasteiger partial charge in [0, 0.05) is 13.0 Å². The van der Waals surface area contributed by atoms with Crippen molar-refractivity contribution in [2.45, 2.75) is 32.2 Å². The number of carbonyl (C=O) groups is 1. The summed E-state index contributed by atoms with van der Waals surface area (Å²) in [5, 5.41) is 18.3. The quantitative estimate of drug-likeness (QED) is 0.296. The number of aryl methyl sites for hydroxylation is 1. The number of aromatic nitrogens is 3. The Labute approximate surface area is 187 Å². The molecule has 1 aromatic carbocycles. The van der Waals surface area contributed by atoms with Crippen LogP contribution in [0.2, 0.25) is 0 Å². The van der Waals surface area contributed by atoms with Crippen LogP contribution in [0.15, 0.2) is 39.4 Å². The summed E-state index contributed by atoms with van der Waals surface area (Å²) in [6.45, 7) is 0.803. The fourth-order valence-corrected chi connectivity index (χ4v) is 3.74. The number of esters is 1. The Kier molecular flexibility index (Phi) is 6.18. The molecule has 0 spiro atoms. The van der Waals surface area contributed by atoms with Gasteiger partial charge in [0.1, 0.15) is 11.9 Å². The molecule has 0 atom stereocenters. The molecule has 158 valence electrons. The van der Waals surface area contributed by atoms with Gasteiger partial charge in [-0.1, -0.05) is 12.5 Å². The van der Waals surface area contributed by atoms with E-state index < -0.39 is 5.97 Å². The van der Waals surface area contributed by atoms with Crippen LogP contribution in [0.4, 0.5) is 0 Å². The number of halogens is 1. The lowest BCUT2D eigenvalue weighted by molar-refractivity contribution is 0.0695. The molecule has 1 aliphatic heterocycles. The first-order valence-electron chi connectivity index (χ1n) is 9.79. The second-order valence-corrected chi connectivity index (χ2v) is 7.76. The molecular formula is C22H19BrN4O4. The largest absolute Gasteiger partial charge is 0.493 e. The summed E-state index contributed by atoms with van der Waals surface area (Å²) in [5.41, 5.74) is 1.12. The van der Waals surface area contributed by atoms with Crippen molar-refractivity contribution >= 4 is 33.5 Å². The molecule has 0 unspecified atom stereocenters. The third kappa shape index (κ3) is 4.54. The number of allylic oxidation sites excluding steroid dienone is 1. The van der Waals surface area contributed by atoms with E-state index in [4.69, 9.17) is 13.9 Å². The van der Waals surface area contributed by atoms with Gasteiger partial charge in [0.2, 0.25) is 5.76 Å². The highest BCUT2D eigenvalue weighted by molar-refractivity contribution is 9.10. The van der Waals surface area contributed by atoms with Crippen LogP contribution in [0.1, 0.15) is 47.0 Å². The van der Waals surface area contributed by atoms with Crippen molar-refractivity contribution in [3.8, 4) is 17.6 Å². The van der Waals surface area contributed by atoms with E-state index in [1.807, 2.05) is 4.57 Å². The Bertz CT molecular complexity index is 1190. The van der Waals surface area contributed by atoms with Crippen molar-refractivity contribution in [1.82, 2.24) is 14.8 Å². The monoisotopic (exact) mass is 482 g/mol. The summed E-state index contributed by atoms with van der Waals surface area (Å²) < 4.78 is 18.4. The molecule has 0 amide bonds. The van der Waals surface area contributed by atoms with Crippen LogP contribution in [0.25, 0.3) is 11.6 Å². The molecule has 0 aliphatic carbocycles. The van der Waals surface area contributed by atoms with Crippen molar-refractivity contribution in [2.24, 2.45) is 0 Å². The van der Waals surface area contributed by atoms with Crippen LogP contribution in [0.5, 0.6) is 11.5 Å². The summed E-state index contributed by atoms with van der Waals surface area (Å²) in [5.74, 6) is 1.50. The number of furan rings is 1. The third-order valence-corrected chi connectivity index (χ3v) is 5.37. The van der Waals surface area contributed by atoms with E-state index in [0.29, 0.717) is 27.4 Å². The topological polar surface area (TPSA) is 103 Å². The van der Waals surface area contributed by atoms with E-state index in [-0.39, 0.29) is 11.5 Å². The molecule has 31 heavy (non-hydrogen) atoms. The average Bonchev–Trinajstić information content (AvgIpc) is 3.32. The maximum atomic E-state index is 12.3. The smallest absolute Gasteiger partial charge is 0.379 e. The second kappa shape index (κ2) is 9.18. The number of ether oxygens (including phenoxy) is 2. The third-order valence-electron chi connectivity index (χ3n) is 4.95. The summed E-state index contributed by atoms with van der Waals surface area (Å²) >= 11 is 3.15. The lowest BCUT2D eigenvalue weighted by Crippen LogP contribution is -2.08. The first kappa shape index (κ1) is 20.9. The molecule has 3 heterocycles. The fourth-order valence-electron chi connectivity index (χ4n) is 3.43. The number of hydrogen-bond donors (Lipinski definition) is 0. The lowest BCUT2D eigenvalue weighted by Gasteiger charge is -2.10. The Morgan fingerprint density at radius 3 is 2.84 bits per heavy atom. The van der Waals surface area contributed by atoms with E-state index in [1.165, 1.54) is 13.2 Å². The number of nitriles is 1. The van der Waals surface area contributed by atoms with Crippen LogP contribution in [0.3, 0.4) is 0 Å². The number of fused-ring (bicyclic) bond motifs is 1. The van der Waals surface area contributed by atoms with Crippen LogP contribution in [-0.2, 0) is 13.0 Å². The van der Waals surface area contributed by atoms with E-state index in [1.54, 1.807) is 30.3 Å². The fraction of sp³-hybridized carbons (Fsp3) is 0.273. The van der Waals surface area contributed by atoms with Gasteiger partial charge in [-0.3, -0.25) is 0 Å². The molecule has 0 saturated heterocycles. The normalized spacial score (nSPS) is 13.8. The van der Waals surface area contributed by atoms with Gasteiger partial charge in [0.25, 0.3) is 0 Å². The van der Waals surface area contributed by atoms with Crippen LogP contribution in [-0.4, -0.2) is 27.8 Å². The summed E-state index contributed by atoms with van der Waals surface area (Å²) in [7, 11) is 1.48. The zero-order chi connectivity index (χ0) is 21.8. The van der Waals surface area contributed by atoms with E-state index in [0.717, 1.165) is 38.1 Å². The summed E-state index contributed by atoms with van der Waals surface area (Å²) in [6, 6.07) is 10.4. The minimum Gasteiger partial charge on any atom is -0.493 e. The number of rotatable bonds is 5. The van der Waals surface area contributed by atoms with Gasteiger partial charge in [0.05, 0.1) is 12.7 Å². The van der Waals surface area contributed by atoms with Crippen molar-refractivity contribution in [3.63, 3.8) is 0 Å². The van der Waals surface area contributed by atoms with Crippen LogP contribution >= 0.6 is 15.9 Å². The predicted molar refractivity (Wildman–Crippen MR) is 115 cm³/mol. The SMILES string of the molecule is COc1cc(/C=C(\C#N)c2nnc3n2CCCCC3)ccc1OC(=O)c1ccc(Br)o1. The maximum absolute atomic E-state index is 12.3. The van der Waals surface area contributed by atoms with Gasteiger partial charge < -0.3 is 18.5 Å². The van der Waals surface area contributed by atoms with E-state index in [2.05, 4.69) is 32.2 Å². The number of nitrogens with zero attached hydrogens (tertiary/aromatic N) is 4. The molecule has 3 aromatic rings. The van der Waals surface area contributed by atoms with E-state index in [9.17, 15) is 10.1 Å². The second-order valence-electron chi connectivity index (χ2n) is 6.98. The first-order chi connectivity index (χ1) is 15.1. The highest BCUT2D eigenvalue weighted by atomic mass is 79.9. The van der Waals surface area contributed by atoms with Gasteiger partial charge >= 0.3 is 5.97 Å². The number of methoxy groups -OCH3 is 1. The van der Waals surface area contributed by atoms with Crippen molar-refractivity contribution in [3.05, 3.63) is 58.0 Å². The average molecular weight is 483 g/mol. The molecular weight excluding hydrogens is 464 g/mol. The minimum absolute atomic E-state index is 0.0668. The molecule has 1 aliphatic rings. The highest BCUT2D eigenvalue weighted by Gasteiger charge is 2.19. The van der Waals surface area contributed by atoms with Gasteiger partial charge in [-0.2, -0.15) is 5.26 Å². The zero-order valence-corrected chi connectivity index (χ0v) is 18.4. The molecule has 8 nitrogen and oxygen atoms in total. The van der Waals surface area contributed by atoms with Crippen molar-refractivity contribution in [1.29, 1.82) is 5.26 Å². The van der Waals surface area contributed by atoms with Gasteiger partial charge in [0.15, 0.2) is 22.0 Å². The molecule has 0 N–H and O–H groups in total. The highest BCUT2D eigenvalue weighted by Crippen LogP contribution is 2.31. The first-order valence-corrected chi connectivity index (χ1v) is 10.6. The molecule has 0 radical (unpaired) electrons. The molecule has 4 rings (SSSR count). The Morgan fingerprint density at radius 1 is 1.23 bits per heavy atom. The summed E-state index contributed by atoms with van der Waals surface area (Å²) in [4.78, 5) is 12.3. The van der Waals surface area contributed by atoms with Gasteiger partial charge in [-0.05, 0) is 64.7 Å². The predicted octanol–water partition coefficient (Wildman–Crippen LogP) is 4.65. The van der Waals surface area contributed by atoms with Gasteiger partial charge in [-0.15, -0.1) is 10.2 Å². The van der Waals surface area contributed by atoms with Crippen molar-refractivity contribution in [2.75, 3.05) is 7.11 Å². The number of hydrogen-bond acceptors (Lipinski definition) is 7. The maximum Gasteiger partial charge on any atom is 0.379 e. The van der Waals surface area contributed by atoms with Crippen LogP contribution in [0, 0.1) is 11.3 Å². The Balaban J connectivity index is 1.61. The molecule has 0 saturated carbocycles. The molecule has 9 heteroatoms. The minimum atomic E-state index is -0.642. The lowest BCUT2D eigenvalue weighted by atomic mass is 10.1. The van der Waals surface area contributed by atoms with Crippen molar-refractivity contribution < 1.29 is 18.7 Å². The number of benzene rings is 1. The molecule has 2 aromatic heterocycles. The molecule has 0 fully saturated rings. The number of carbonyl (C=O) groups excluding carboxylic acids is 1. The summed E-state index contributed by atoms with van der Waals surface area (Å²) in [6.07, 6.45) is 5.85. The zero-order valence-electron chi connectivity index (χ0n) is 16.8. The standard InChI is InChI=1S/C22H19BrN4O4/c1-29-18-12-14(6-7-16(18)31-22(28)17-8-9-19(23)30-17)11-15(13-24)21-26-25-20-5-3-2-4-10-27(20)21/h6-9,11-12H,2-5,10H2,1H3/b15-11+. The van der Waals surface area contributed by atoms with Crippen LogP contribution < -0.4 is 9.47 Å². The Morgan fingerprint density at radius 2 is 2.10 bits per heavy atom. The Hall–Kier alpha value is -3.38.